The summed E-state index contributed by atoms with van der Waals surface area (Å²) >= 11 is 5.34. The van der Waals surface area contributed by atoms with Crippen molar-refractivity contribution < 1.29 is 9.72 Å². The molecule has 0 spiro atoms. The molecule has 0 aromatic heterocycles. The minimum Gasteiger partial charge on any atom is -0.347 e. The van der Waals surface area contributed by atoms with Crippen LogP contribution in [0.3, 0.4) is 0 Å². The lowest BCUT2D eigenvalue weighted by molar-refractivity contribution is -0.383. The van der Waals surface area contributed by atoms with Crippen LogP contribution in [0, 0.1) is 17.0 Å². The van der Waals surface area contributed by atoms with Gasteiger partial charge in [0.05, 0.1) is 4.92 Å². The van der Waals surface area contributed by atoms with E-state index in [2.05, 4.69) is 16.0 Å². The standard InChI is InChI=1S/C22H20N4O3S/c1-15-9-5-6-12-17(15)23-21(27)20(16-10-3-2-4-11-16)25-22(30)24-18-13-7-8-14-19(18)26(28)29/h2-14,20H,1H3,(H,23,27)(H2,24,25,30)/t20-/m1/s1. The lowest BCUT2D eigenvalue weighted by Gasteiger charge is -2.21. The average Bonchev–Trinajstić information content (AvgIpc) is 2.74. The number of hydrogen-bond acceptors (Lipinski definition) is 4. The molecule has 0 saturated heterocycles. The van der Waals surface area contributed by atoms with Crippen molar-refractivity contribution in [2.24, 2.45) is 0 Å². The summed E-state index contributed by atoms with van der Waals surface area (Å²) < 4.78 is 0. The van der Waals surface area contributed by atoms with Crippen LogP contribution >= 0.6 is 12.2 Å². The first-order valence-corrected chi connectivity index (χ1v) is 9.59. The van der Waals surface area contributed by atoms with Crippen LogP contribution in [0.25, 0.3) is 0 Å². The Morgan fingerprint density at radius 2 is 1.50 bits per heavy atom. The number of amides is 1. The highest BCUT2D eigenvalue weighted by atomic mass is 32.1. The highest BCUT2D eigenvalue weighted by Gasteiger charge is 2.23. The Labute approximate surface area is 179 Å². The number of thiocarbonyl (C=S) groups is 1. The summed E-state index contributed by atoms with van der Waals surface area (Å²) in [4.78, 5) is 23.8. The van der Waals surface area contributed by atoms with Gasteiger partial charge in [0.25, 0.3) is 11.6 Å². The Morgan fingerprint density at radius 3 is 2.17 bits per heavy atom. The summed E-state index contributed by atoms with van der Waals surface area (Å²) in [6.45, 7) is 1.90. The van der Waals surface area contributed by atoms with E-state index in [0.717, 1.165) is 5.56 Å². The Kier molecular flexibility index (Phi) is 6.71. The quantitative estimate of drug-likeness (QED) is 0.307. The number of carbonyl (C=O) groups is 1. The predicted octanol–water partition coefficient (Wildman–Crippen LogP) is 4.57. The molecule has 0 radical (unpaired) electrons. The maximum absolute atomic E-state index is 13.1. The SMILES string of the molecule is Cc1ccccc1NC(=O)[C@H](NC(=S)Nc1ccccc1[N+](=O)[O-])c1ccccc1. The summed E-state index contributed by atoms with van der Waals surface area (Å²) in [7, 11) is 0. The highest BCUT2D eigenvalue weighted by Crippen LogP contribution is 2.24. The molecular formula is C22H20N4O3S. The van der Waals surface area contributed by atoms with E-state index < -0.39 is 11.0 Å². The van der Waals surface area contributed by atoms with E-state index in [0.29, 0.717) is 11.3 Å². The van der Waals surface area contributed by atoms with E-state index in [1.54, 1.807) is 18.2 Å². The fraction of sp³-hybridized carbons (Fsp3) is 0.0909. The number of nitrogens with one attached hydrogen (secondary N) is 3. The van der Waals surface area contributed by atoms with Crippen LogP contribution < -0.4 is 16.0 Å². The number of para-hydroxylation sites is 3. The lowest BCUT2D eigenvalue weighted by Crippen LogP contribution is -2.39. The van der Waals surface area contributed by atoms with E-state index in [-0.39, 0.29) is 22.4 Å². The molecule has 0 aliphatic rings. The minimum atomic E-state index is -0.798. The number of aryl methyl sites for hydroxylation is 1. The molecule has 3 N–H and O–H groups in total. The van der Waals surface area contributed by atoms with Crippen LogP contribution in [0.2, 0.25) is 0 Å². The zero-order chi connectivity index (χ0) is 21.5. The molecule has 0 aliphatic carbocycles. The largest absolute Gasteiger partial charge is 0.347 e. The highest BCUT2D eigenvalue weighted by molar-refractivity contribution is 7.80. The molecule has 0 heterocycles. The molecule has 0 fully saturated rings. The summed E-state index contributed by atoms with van der Waals surface area (Å²) in [5.41, 5.74) is 2.46. The molecular weight excluding hydrogens is 400 g/mol. The number of benzene rings is 3. The van der Waals surface area contributed by atoms with Gasteiger partial charge in [-0.3, -0.25) is 14.9 Å². The smallest absolute Gasteiger partial charge is 0.292 e. The van der Waals surface area contributed by atoms with Crippen molar-refractivity contribution in [1.82, 2.24) is 5.32 Å². The van der Waals surface area contributed by atoms with Crippen LogP contribution in [0.1, 0.15) is 17.2 Å². The maximum Gasteiger partial charge on any atom is 0.292 e. The van der Waals surface area contributed by atoms with Crippen molar-refractivity contribution in [3.8, 4) is 0 Å². The van der Waals surface area contributed by atoms with Gasteiger partial charge in [0, 0.05) is 11.8 Å². The predicted molar refractivity (Wildman–Crippen MR) is 121 cm³/mol. The van der Waals surface area contributed by atoms with Crippen molar-refractivity contribution in [3.05, 3.63) is 100 Å². The Bertz CT molecular complexity index is 1070. The molecule has 0 aliphatic heterocycles. The van der Waals surface area contributed by atoms with Gasteiger partial charge in [-0.05, 0) is 42.4 Å². The van der Waals surface area contributed by atoms with Crippen molar-refractivity contribution >= 4 is 40.3 Å². The Morgan fingerprint density at radius 1 is 0.900 bits per heavy atom. The Balaban J connectivity index is 1.81. The average molecular weight is 420 g/mol. The summed E-state index contributed by atoms with van der Waals surface area (Å²) in [6, 6.07) is 21.9. The summed E-state index contributed by atoms with van der Waals surface area (Å²) in [5.74, 6) is -0.304. The van der Waals surface area contributed by atoms with Crippen LogP contribution in [0.4, 0.5) is 17.1 Å². The molecule has 152 valence electrons. The third kappa shape index (κ3) is 5.18. The van der Waals surface area contributed by atoms with E-state index in [1.807, 2.05) is 61.5 Å². The monoisotopic (exact) mass is 420 g/mol. The van der Waals surface area contributed by atoms with Crippen LogP contribution in [-0.4, -0.2) is 15.9 Å². The van der Waals surface area contributed by atoms with Crippen molar-refractivity contribution in [2.75, 3.05) is 10.6 Å². The molecule has 0 bridgehead atoms. The topological polar surface area (TPSA) is 96.3 Å². The first-order valence-electron chi connectivity index (χ1n) is 9.18. The number of nitro benzene ring substituents is 1. The molecule has 0 saturated carbocycles. The van der Waals surface area contributed by atoms with Crippen LogP contribution in [0.15, 0.2) is 78.9 Å². The second-order valence-corrected chi connectivity index (χ2v) is 6.93. The number of anilines is 2. The summed E-state index contributed by atoms with van der Waals surface area (Å²) in [6.07, 6.45) is 0. The van der Waals surface area contributed by atoms with Crippen LogP contribution in [-0.2, 0) is 4.79 Å². The third-order valence-corrected chi connectivity index (χ3v) is 4.64. The molecule has 3 rings (SSSR count). The first-order chi connectivity index (χ1) is 14.5. The van der Waals surface area contributed by atoms with Crippen molar-refractivity contribution in [1.29, 1.82) is 0 Å². The zero-order valence-corrected chi connectivity index (χ0v) is 17.0. The zero-order valence-electron chi connectivity index (χ0n) is 16.2. The summed E-state index contributed by atoms with van der Waals surface area (Å²) in [5, 5.41) is 20.0. The normalized spacial score (nSPS) is 11.2. The maximum atomic E-state index is 13.1. The molecule has 3 aromatic carbocycles. The number of nitrogens with zero attached hydrogens (tertiary/aromatic N) is 1. The fourth-order valence-electron chi connectivity index (χ4n) is 2.89. The van der Waals surface area contributed by atoms with E-state index in [1.165, 1.54) is 6.07 Å². The van der Waals surface area contributed by atoms with Gasteiger partial charge in [-0.15, -0.1) is 0 Å². The van der Waals surface area contributed by atoms with Gasteiger partial charge >= 0.3 is 0 Å². The second-order valence-electron chi connectivity index (χ2n) is 6.52. The molecule has 30 heavy (non-hydrogen) atoms. The van der Waals surface area contributed by atoms with Gasteiger partial charge < -0.3 is 16.0 Å². The molecule has 0 unspecified atom stereocenters. The van der Waals surface area contributed by atoms with Gasteiger partial charge in [-0.2, -0.15) is 0 Å². The van der Waals surface area contributed by atoms with E-state index >= 15 is 0 Å². The minimum absolute atomic E-state index is 0.0955. The van der Waals surface area contributed by atoms with E-state index in [4.69, 9.17) is 12.2 Å². The van der Waals surface area contributed by atoms with E-state index in [9.17, 15) is 14.9 Å². The number of nitro groups is 1. The van der Waals surface area contributed by atoms with Gasteiger partial charge in [-0.25, -0.2) is 0 Å². The van der Waals surface area contributed by atoms with Gasteiger partial charge in [0.15, 0.2) is 5.11 Å². The molecule has 8 heteroatoms. The lowest BCUT2D eigenvalue weighted by atomic mass is 10.1. The third-order valence-electron chi connectivity index (χ3n) is 4.42. The van der Waals surface area contributed by atoms with Crippen LogP contribution in [0.5, 0.6) is 0 Å². The number of hydrogen-bond donors (Lipinski definition) is 3. The first kappa shape index (κ1) is 20.9. The van der Waals surface area contributed by atoms with Crippen molar-refractivity contribution in [2.45, 2.75) is 13.0 Å². The Hall–Kier alpha value is -3.78. The molecule has 1 atom stereocenters. The van der Waals surface area contributed by atoms with Gasteiger partial charge in [0.2, 0.25) is 0 Å². The van der Waals surface area contributed by atoms with Crippen molar-refractivity contribution in [3.63, 3.8) is 0 Å². The molecule has 3 aromatic rings. The number of rotatable bonds is 6. The van der Waals surface area contributed by atoms with Gasteiger partial charge in [0.1, 0.15) is 11.7 Å². The molecule has 7 nitrogen and oxygen atoms in total. The second kappa shape index (κ2) is 9.62. The van der Waals surface area contributed by atoms with Gasteiger partial charge in [-0.1, -0.05) is 60.7 Å². The molecule has 1 amide bonds. The number of carbonyl (C=O) groups excluding carboxylic acids is 1. The fourth-order valence-corrected chi connectivity index (χ4v) is 3.12.